The highest BCUT2D eigenvalue weighted by molar-refractivity contribution is 5.91. The summed E-state index contributed by atoms with van der Waals surface area (Å²) >= 11 is 0. The number of nitrogens with one attached hydrogen (secondary N) is 1. The molecule has 1 amide bonds. The van der Waals surface area contributed by atoms with Gasteiger partial charge in [0.25, 0.3) is 0 Å². The van der Waals surface area contributed by atoms with Crippen LogP contribution in [0.25, 0.3) is 0 Å². The van der Waals surface area contributed by atoms with Crippen LogP contribution < -0.4 is 5.32 Å². The second-order valence-corrected chi connectivity index (χ2v) is 2.46. The van der Waals surface area contributed by atoms with Gasteiger partial charge in [0.1, 0.15) is 0 Å². The molecule has 13 heavy (non-hydrogen) atoms. The number of carbonyl (C=O) groups excluding carboxylic acids is 1. The van der Waals surface area contributed by atoms with Gasteiger partial charge in [-0.3, -0.25) is 4.79 Å². The van der Waals surface area contributed by atoms with Crippen molar-refractivity contribution in [2.45, 2.75) is 19.6 Å². The number of hydrogen-bond donors (Lipinski definition) is 2. The lowest BCUT2D eigenvalue weighted by Gasteiger charge is -2.24. The molecule has 5 nitrogen and oxygen atoms in total. The van der Waals surface area contributed by atoms with Gasteiger partial charge in [0.2, 0.25) is 11.6 Å². The first-order chi connectivity index (χ1) is 5.96. The number of ether oxygens (including phenoxy) is 1. The second kappa shape index (κ2) is 4.61. The van der Waals surface area contributed by atoms with E-state index in [1.54, 1.807) is 6.92 Å². The molecular weight excluding hydrogens is 174 g/mol. The lowest BCUT2D eigenvalue weighted by molar-refractivity contribution is -0.170. The van der Waals surface area contributed by atoms with Crippen LogP contribution in [0.15, 0.2) is 12.7 Å². The number of carbonyl (C=O) groups is 2. The van der Waals surface area contributed by atoms with Gasteiger partial charge in [0.15, 0.2) is 0 Å². The van der Waals surface area contributed by atoms with Gasteiger partial charge in [0, 0.05) is 6.61 Å². The highest BCUT2D eigenvalue weighted by Crippen LogP contribution is 2.05. The van der Waals surface area contributed by atoms with E-state index in [9.17, 15) is 9.59 Å². The maximum absolute atomic E-state index is 10.8. The molecule has 0 spiro atoms. The molecule has 74 valence electrons. The first kappa shape index (κ1) is 11.6. The summed E-state index contributed by atoms with van der Waals surface area (Å²) in [4.78, 5) is 21.5. The van der Waals surface area contributed by atoms with E-state index in [-0.39, 0.29) is 6.61 Å². The fraction of sp³-hybridized carbons (Fsp3) is 0.500. The van der Waals surface area contributed by atoms with Gasteiger partial charge in [0.05, 0.1) is 0 Å². The lowest BCUT2D eigenvalue weighted by atomic mass is 10.2. The Morgan fingerprint density at radius 3 is 2.54 bits per heavy atom. The summed E-state index contributed by atoms with van der Waals surface area (Å²) in [5, 5.41) is 10.9. The number of carboxylic acids is 1. The van der Waals surface area contributed by atoms with E-state index in [0.717, 1.165) is 6.08 Å². The number of amides is 1. The highest BCUT2D eigenvalue weighted by Gasteiger charge is 2.34. The molecule has 2 N–H and O–H groups in total. The molecule has 0 bridgehead atoms. The Balaban J connectivity index is 4.49. The van der Waals surface area contributed by atoms with Crippen LogP contribution in [0.1, 0.15) is 13.8 Å². The molecule has 1 unspecified atom stereocenters. The van der Waals surface area contributed by atoms with Crippen LogP contribution in [-0.4, -0.2) is 29.3 Å². The van der Waals surface area contributed by atoms with Gasteiger partial charge in [-0.2, -0.15) is 0 Å². The zero-order valence-corrected chi connectivity index (χ0v) is 7.66. The number of carboxylic acid groups (broad SMARTS) is 1. The van der Waals surface area contributed by atoms with Gasteiger partial charge in [-0.05, 0) is 19.9 Å². The summed E-state index contributed by atoms with van der Waals surface area (Å²) in [5.41, 5.74) is -1.68. The monoisotopic (exact) mass is 187 g/mol. The van der Waals surface area contributed by atoms with Crippen molar-refractivity contribution in [1.82, 2.24) is 5.32 Å². The summed E-state index contributed by atoms with van der Waals surface area (Å²) in [7, 11) is 0. The van der Waals surface area contributed by atoms with Gasteiger partial charge in [-0.1, -0.05) is 6.58 Å². The second-order valence-electron chi connectivity index (χ2n) is 2.46. The molecular formula is C8H13NO4. The molecule has 0 aliphatic heterocycles. The van der Waals surface area contributed by atoms with Gasteiger partial charge < -0.3 is 15.2 Å². The average Bonchev–Trinajstić information content (AvgIpc) is 2.04. The Morgan fingerprint density at radius 1 is 1.69 bits per heavy atom. The van der Waals surface area contributed by atoms with E-state index in [4.69, 9.17) is 9.84 Å². The van der Waals surface area contributed by atoms with Crippen molar-refractivity contribution in [2.24, 2.45) is 0 Å². The van der Waals surface area contributed by atoms with Crippen molar-refractivity contribution < 1.29 is 19.4 Å². The summed E-state index contributed by atoms with van der Waals surface area (Å²) in [6.07, 6.45) is 0.986. The van der Waals surface area contributed by atoms with Crippen molar-refractivity contribution in [3.05, 3.63) is 12.7 Å². The topological polar surface area (TPSA) is 75.6 Å². The molecule has 1 atom stereocenters. The molecule has 0 aromatic carbocycles. The van der Waals surface area contributed by atoms with Crippen LogP contribution in [-0.2, 0) is 14.3 Å². The Kier molecular flexibility index (Phi) is 4.13. The van der Waals surface area contributed by atoms with Crippen LogP contribution in [0.3, 0.4) is 0 Å². The molecule has 0 aromatic heterocycles. The van der Waals surface area contributed by atoms with E-state index in [1.165, 1.54) is 6.92 Å². The SMILES string of the molecule is C=CC(=O)NC(C)(OCC)C(=O)O. The molecule has 5 heteroatoms. The maximum Gasteiger partial charge on any atom is 0.357 e. The number of hydrogen-bond acceptors (Lipinski definition) is 3. The fourth-order valence-electron chi connectivity index (χ4n) is 0.726. The average molecular weight is 187 g/mol. The third-order valence-electron chi connectivity index (χ3n) is 1.39. The van der Waals surface area contributed by atoms with Crippen LogP contribution in [0, 0.1) is 0 Å². The predicted octanol–water partition coefficient (Wildman–Crippen LogP) is 0.126. The highest BCUT2D eigenvalue weighted by atomic mass is 16.5. The van der Waals surface area contributed by atoms with E-state index in [0.29, 0.717) is 0 Å². The normalized spacial score (nSPS) is 14.3. The standard InChI is InChI=1S/C8H13NO4/c1-4-6(10)9-8(3,7(11)12)13-5-2/h4H,1,5H2,2-3H3,(H,9,10)(H,11,12). The molecule has 0 aliphatic carbocycles. The van der Waals surface area contributed by atoms with Gasteiger partial charge in [-0.15, -0.1) is 0 Å². The van der Waals surface area contributed by atoms with E-state index < -0.39 is 17.6 Å². The quantitative estimate of drug-likeness (QED) is 0.473. The van der Waals surface area contributed by atoms with Crippen molar-refractivity contribution in [3.63, 3.8) is 0 Å². The Bertz CT molecular complexity index is 226. The molecule has 0 aliphatic rings. The predicted molar refractivity (Wildman–Crippen MR) is 46.0 cm³/mol. The number of aliphatic carboxylic acids is 1. The van der Waals surface area contributed by atoms with E-state index in [2.05, 4.69) is 11.9 Å². The smallest absolute Gasteiger partial charge is 0.357 e. The van der Waals surface area contributed by atoms with Crippen molar-refractivity contribution >= 4 is 11.9 Å². The first-order valence-corrected chi connectivity index (χ1v) is 3.78. The zero-order valence-electron chi connectivity index (χ0n) is 7.66. The largest absolute Gasteiger partial charge is 0.478 e. The van der Waals surface area contributed by atoms with Gasteiger partial charge >= 0.3 is 5.97 Å². The summed E-state index contributed by atoms with van der Waals surface area (Å²) in [6.45, 7) is 6.30. The Morgan fingerprint density at radius 2 is 2.23 bits per heavy atom. The Labute approximate surface area is 76.4 Å². The van der Waals surface area contributed by atoms with Crippen LogP contribution in [0.5, 0.6) is 0 Å². The Hall–Kier alpha value is -1.36. The maximum atomic E-state index is 10.8. The molecule has 0 saturated carbocycles. The minimum absolute atomic E-state index is 0.195. The van der Waals surface area contributed by atoms with Gasteiger partial charge in [-0.25, -0.2) is 4.79 Å². The molecule has 0 rings (SSSR count). The van der Waals surface area contributed by atoms with E-state index >= 15 is 0 Å². The molecule has 0 aromatic rings. The minimum Gasteiger partial charge on any atom is -0.478 e. The summed E-state index contributed by atoms with van der Waals surface area (Å²) in [5.74, 6) is -1.83. The van der Waals surface area contributed by atoms with Crippen LogP contribution >= 0.6 is 0 Å². The molecule has 0 radical (unpaired) electrons. The summed E-state index contributed by atoms with van der Waals surface area (Å²) in [6, 6.07) is 0. The zero-order chi connectivity index (χ0) is 10.5. The van der Waals surface area contributed by atoms with Crippen LogP contribution in [0.4, 0.5) is 0 Å². The van der Waals surface area contributed by atoms with Crippen molar-refractivity contribution in [1.29, 1.82) is 0 Å². The van der Waals surface area contributed by atoms with Crippen molar-refractivity contribution in [2.75, 3.05) is 6.61 Å². The minimum atomic E-state index is -1.68. The summed E-state index contributed by atoms with van der Waals surface area (Å²) < 4.78 is 4.88. The first-order valence-electron chi connectivity index (χ1n) is 3.78. The third-order valence-corrected chi connectivity index (χ3v) is 1.39. The van der Waals surface area contributed by atoms with Crippen LogP contribution in [0.2, 0.25) is 0 Å². The lowest BCUT2D eigenvalue weighted by Crippen LogP contribution is -2.53. The third kappa shape index (κ3) is 3.25. The number of rotatable bonds is 5. The van der Waals surface area contributed by atoms with E-state index in [1.807, 2.05) is 0 Å². The molecule has 0 fully saturated rings. The molecule has 0 saturated heterocycles. The molecule has 0 heterocycles. The fourth-order valence-corrected chi connectivity index (χ4v) is 0.726. The van der Waals surface area contributed by atoms with Crippen molar-refractivity contribution in [3.8, 4) is 0 Å².